The topological polar surface area (TPSA) is 63.3 Å². The van der Waals surface area contributed by atoms with E-state index < -0.39 is 0 Å². The highest BCUT2D eigenvalue weighted by atomic mass is 16.2. The summed E-state index contributed by atoms with van der Waals surface area (Å²) in [7, 11) is 0. The number of para-hydroxylation sites is 1. The maximum Gasteiger partial charge on any atom is 0.237 e. The fourth-order valence-corrected chi connectivity index (χ4v) is 0.970. The van der Waals surface area contributed by atoms with Crippen LogP contribution in [0.25, 0.3) is 0 Å². The Hall–Kier alpha value is -1.79. The molecule has 0 unspecified atom stereocenters. The van der Waals surface area contributed by atoms with Gasteiger partial charge in [0.15, 0.2) is 0 Å². The number of rotatable bonds is 2. The van der Waals surface area contributed by atoms with Gasteiger partial charge in [-0.2, -0.15) is 0 Å². The van der Waals surface area contributed by atoms with Crippen molar-refractivity contribution in [2.45, 2.75) is 6.42 Å². The highest BCUT2D eigenvalue weighted by Gasteiger charge is 2.04. The zero-order chi connectivity index (χ0) is 10.4. The van der Waals surface area contributed by atoms with E-state index in [0.717, 1.165) is 0 Å². The molecule has 72 valence electrons. The number of carbonyl (C=O) groups excluding carboxylic acids is 1. The molecule has 0 aliphatic carbocycles. The minimum absolute atomic E-state index is 0.0372. The highest BCUT2D eigenvalue weighted by Crippen LogP contribution is 2.10. The van der Waals surface area contributed by atoms with Crippen LogP contribution in [-0.4, -0.2) is 17.5 Å². The summed E-state index contributed by atoms with van der Waals surface area (Å²) in [6, 6.07) is 6.77. The Balaban J connectivity index is 2.82. The van der Waals surface area contributed by atoms with Crippen LogP contribution in [-0.2, 0) is 0 Å². The molecule has 3 heteroatoms. The van der Waals surface area contributed by atoms with Crippen molar-refractivity contribution in [3.63, 3.8) is 0 Å². The smallest absolute Gasteiger partial charge is 0.237 e. The number of hydrogen-bond acceptors (Lipinski definition) is 3. The van der Waals surface area contributed by atoms with Crippen LogP contribution in [0.2, 0.25) is 0 Å². The van der Waals surface area contributed by atoms with Gasteiger partial charge in [-0.25, -0.2) is 0 Å². The third-order valence-corrected chi connectivity index (χ3v) is 1.64. The predicted molar refractivity (Wildman–Crippen MR) is 54.7 cm³/mol. The molecule has 0 aromatic heterocycles. The van der Waals surface area contributed by atoms with Gasteiger partial charge in [-0.1, -0.05) is 18.1 Å². The Morgan fingerprint density at radius 2 is 2.14 bits per heavy atom. The highest BCUT2D eigenvalue weighted by molar-refractivity contribution is 6.12. The van der Waals surface area contributed by atoms with Crippen molar-refractivity contribution in [3.8, 4) is 11.8 Å². The zero-order valence-corrected chi connectivity index (χ0v) is 7.66. The Labute approximate surface area is 82.6 Å². The molecular weight excluding hydrogens is 178 g/mol. The molecule has 0 heterocycles. The first-order valence-electron chi connectivity index (χ1n) is 4.24. The second-order valence-electron chi connectivity index (χ2n) is 2.69. The van der Waals surface area contributed by atoms with Crippen LogP contribution in [0.15, 0.2) is 24.3 Å². The first kappa shape index (κ1) is 10.3. The molecule has 1 aromatic carbocycles. The molecule has 3 N–H and O–H groups in total. The number of nitrogen functional groups attached to an aromatic ring is 1. The van der Waals surface area contributed by atoms with Crippen LogP contribution in [0.3, 0.4) is 0 Å². The van der Waals surface area contributed by atoms with Crippen molar-refractivity contribution >= 4 is 11.5 Å². The Morgan fingerprint density at radius 3 is 2.79 bits per heavy atom. The SMILES string of the molecule is Nc1ccccc1C(=O)C#CCCO. The third-order valence-electron chi connectivity index (χ3n) is 1.64. The number of aliphatic hydroxyl groups excluding tert-OH is 1. The summed E-state index contributed by atoms with van der Waals surface area (Å²) in [4.78, 5) is 11.4. The normalized spacial score (nSPS) is 8.93. The van der Waals surface area contributed by atoms with E-state index in [1.54, 1.807) is 24.3 Å². The molecule has 0 amide bonds. The summed E-state index contributed by atoms with van der Waals surface area (Å²) in [5.74, 6) is 4.66. The Bertz CT molecular complexity index is 388. The largest absolute Gasteiger partial charge is 0.398 e. The first-order chi connectivity index (χ1) is 6.75. The van der Waals surface area contributed by atoms with Gasteiger partial charge in [-0.05, 0) is 18.1 Å². The lowest BCUT2D eigenvalue weighted by atomic mass is 10.1. The average Bonchev–Trinajstić information content (AvgIpc) is 2.18. The van der Waals surface area contributed by atoms with Crippen molar-refractivity contribution in [2.75, 3.05) is 12.3 Å². The molecule has 0 saturated heterocycles. The average molecular weight is 189 g/mol. The molecule has 0 saturated carbocycles. The van der Waals surface area contributed by atoms with Crippen LogP contribution in [0.4, 0.5) is 5.69 Å². The lowest BCUT2D eigenvalue weighted by Crippen LogP contribution is -2.00. The van der Waals surface area contributed by atoms with Gasteiger partial charge in [0.25, 0.3) is 0 Å². The molecule has 0 fully saturated rings. The van der Waals surface area contributed by atoms with E-state index in [2.05, 4.69) is 11.8 Å². The minimum Gasteiger partial charge on any atom is -0.398 e. The minimum atomic E-state index is -0.309. The number of benzene rings is 1. The summed E-state index contributed by atoms with van der Waals surface area (Å²) in [5, 5.41) is 8.47. The summed E-state index contributed by atoms with van der Waals surface area (Å²) in [6.45, 7) is -0.0372. The summed E-state index contributed by atoms with van der Waals surface area (Å²) in [5.41, 5.74) is 6.43. The number of nitrogens with two attached hydrogens (primary N) is 1. The van der Waals surface area contributed by atoms with Gasteiger partial charge in [0.1, 0.15) is 0 Å². The molecule has 0 bridgehead atoms. The van der Waals surface area contributed by atoms with Gasteiger partial charge >= 0.3 is 0 Å². The van der Waals surface area contributed by atoms with E-state index in [9.17, 15) is 4.79 Å². The molecule has 14 heavy (non-hydrogen) atoms. The maximum absolute atomic E-state index is 11.4. The Kier molecular flexibility index (Phi) is 3.71. The first-order valence-corrected chi connectivity index (χ1v) is 4.24. The summed E-state index contributed by atoms with van der Waals surface area (Å²) < 4.78 is 0. The van der Waals surface area contributed by atoms with Crippen molar-refractivity contribution in [1.82, 2.24) is 0 Å². The monoisotopic (exact) mass is 189 g/mol. The van der Waals surface area contributed by atoms with Crippen molar-refractivity contribution in [3.05, 3.63) is 29.8 Å². The van der Waals surface area contributed by atoms with Gasteiger partial charge in [-0.3, -0.25) is 4.79 Å². The molecule has 1 aromatic rings. The van der Waals surface area contributed by atoms with Crippen LogP contribution in [0.5, 0.6) is 0 Å². The number of ketones is 1. The fraction of sp³-hybridized carbons (Fsp3) is 0.182. The number of hydrogen-bond donors (Lipinski definition) is 2. The lowest BCUT2D eigenvalue weighted by Gasteiger charge is -1.97. The van der Waals surface area contributed by atoms with E-state index in [-0.39, 0.29) is 12.4 Å². The molecule has 0 atom stereocenters. The van der Waals surface area contributed by atoms with E-state index in [1.165, 1.54) is 0 Å². The van der Waals surface area contributed by atoms with Gasteiger partial charge in [0, 0.05) is 12.1 Å². The Morgan fingerprint density at radius 1 is 1.43 bits per heavy atom. The van der Waals surface area contributed by atoms with Crippen molar-refractivity contribution in [1.29, 1.82) is 0 Å². The van der Waals surface area contributed by atoms with Gasteiger partial charge in [0.2, 0.25) is 5.78 Å². The van der Waals surface area contributed by atoms with Crippen LogP contribution >= 0.6 is 0 Å². The van der Waals surface area contributed by atoms with Gasteiger partial charge in [0.05, 0.1) is 12.2 Å². The van der Waals surface area contributed by atoms with Crippen molar-refractivity contribution < 1.29 is 9.90 Å². The van der Waals surface area contributed by atoms with E-state index >= 15 is 0 Å². The van der Waals surface area contributed by atoms with E-state index in [4.69, 9.17) is 10.8 Å². The number of carbonyl (C=O) groups is 1. The maximum atomic E-state index is 11.4. The number of Topliss-reactive ketones (excluding diaryl/α,β-unsaturated/α-hetero) is 1. The zero-order valence-electron chi connectivity index (χ0n) is 7.66. The lowest BCUT2D eigenvalue weighted by molar-refractivity contribution is 0.105. The molecule has 0 aliphatic rings. The predicted octanol–water partition coefficient (Wildman–Crippen LogP) is 0.837. The summed E-state index contributed by atoms with van der Waals surface area (Å²) >= 11 is 0. The second-order valence-corrected chi connectivity index (χ2v) is 2.69. The molecule has 3 nitrogen and oxygen atoms in total. The standard InChI is InChI=1S/C11H11NO2/c12-10-6-2-1-5-9(10)11(14)7-3-4-8-13/h1-2,5-6,13H,4,8,12H2. The number of anilines is 1. The quantitative estimate of drug-likeness (QED) is 0.313. The number of aliphatic hydroxyl groups is 1. The molecule has 0 aliphatic heterocycles. The second kappa shape index (κ2) is 5.05. The molecule has 0 spiro atoms. The van der Waals surface area contributed by atoms with Gasteiger partial charge in [-0.15, -0.1) is 0 Å². The van der Waals surface area contributed by atoms with Gasteiger partial charge < -0.3 is 10.8 Å². The molecular formula is C11H11NO2. The van der Waals surface area contributed by atoms with Crippen molar-refractivity contribution in [2.24, 2.45) is 0 Å². The van der Waals surface area contributed by atoms with E-state index in [1.807, 2.05) is 0 Å². The van der Waals surface area contributed by atoms with E-state index in [0.29, 0.717) is 17.7 Å². The van der Waals surface area contributed by atoms with Crippen LogP contribution in [0, 0.1) is 11.8 Å². The van der Waals surface area contributed by atoms with Crippen LogP contribution < -0.4 is 5.73 Å². The fourth-order valence-electron chi connectivity index (χ4n) is 0.970. The molecule has 1 rings (SSSR count). The van der Waals surface area contributed by atoms with Crippen LogP contribution in [0.1, 0.15) is 16.8 Å². The third kappa shape index (κ3) is 2.61. The summed E-state index contributed by atoms with van der Waals surface area (Å²) in [6.07, 6.45) is 0.304. The molecule has 0 radical (unpaired) electrons.